The molecule has 0 bridgehead atoms. The van der Waals surface area contributed by atoms with E-state index in [0.29, 0.717) is 31.2 Å². The van der Waals surface area contributed by atoms with Crippen LogP contribution in [0, 0.1) is 23.2 Å². The molecule has 0 spiro atoms. The summed E-state index contributed by atoms with van der Waals surface area (Å²) in [6.07, 6.45) is 2.65. The Morgan fingerprint density at radius 3 is 2.05 bits per heavy atom. The van der Waals surface area contributed by atoms with Crippen LogP contribution in [-0.2, 0) is 30.4 Å². The summed E-state index contributed by atoms with van der Waals surface area (Å²) < 4.78 is 0. The number of hydrogen-bond acceptors (Lipinski definition) is 11. The number of nitrogens with zero attached hydrogens (tertiary/aromatic N) is 4. The summed E-state index contributed by atoms with van der Waals surface area (Å²) in [5, 5.41) is 41.7. The SMILES string of the molecule is CC[C@H](C)[C@H](NC(C#N)[C@@H](Cc1ccc(O)cc1)NC(=O)[C@@H]1CCCN1C(=O)[C@H](CCCN=C(N)N)NC(=O)[C@@H](N)CCCN=C(N)N)C(=O)N[C@@H](CC(C)C)C(=O)O. The molecule has 4 amide bonds. The van der Waals surface area contributed by atoms with E-state index in [1.807, 2.05) is 20.8 Å². The van der Waals surface area contributed by atoms with Gasteiger partial charge in [-0.15, -0.1) is 0 Å². The second-order valence-corrected chi connectivity index (χ2v) is 15.4. The van der Waals surface area contributed by atoms with Crippen molar-refractivity contribution >= 4 is 41.5 Å². The number of carboxylic acid groups (broad SMARTS) is 1. The number of guanidine groups is 2. The van der Waals surface area contributed by atoms with Crippen molar-refractivity contribution in [2.45, 2.75) is 128 Å². The number of aliphatic imine (C=N–C) groups is 2. The third kappa shape index (κ3) is 17.0. The molecule has 8 atom stereocenters. The second-order valence-electron chi connectivity index (χ2n) is 15.4. The maximum atomic E-state index is 14.2. The first-order valence-corrected chi connectivity index (χ1v) is 20.1. The van der Waals surface area contributed by atoms with Crippen LogP contribution in [0.5, 0.6) is 5.75 Å². The number of benzene rings is 1. The van der Waals surface area contributed by atoms with E-state index in [0.717, 1.165) is 0 Å². The number of rotatable bonds is 25. The van der Waals surface area contributed by atoms with E-state index in [-0.39, 0.29) is 81.2 Å². The molecular weight excluding hydrogens is 763 g/mol. The Hall–Kier alpha value is -5.68. The zero-order valence-electron chi connectivity index (χ0n) is 34.6. The van der Waals surface area contributed by atoms with E-state index < -0.39 is 71.9 Å². The number of amides is 4. The van der Waals surface area contributed by atoms with Gasteiger partial charge >= 0.3 is 5.97 Å². The van der Waals surface area contributed by atoms with Gasteiger partial charge < -0.3 is 59.7 Å². The fourth-order valence-electron chi connectivity index (χ4n) is 6.74. The van der Waals surface area contributed by atoms with Gasteiger partial charge in [0.25, 0.3) is 0 Å². The third-order valence-corrected chi connectivity index (χ3v) is 10.1. The lowest BCUT2D eigenvalue weighted by Gasteiger charge is -2.33. The Morgan fingerprint density at radius 1 is 0.915 bits per heavy atom. The van der Waals surface area contributed by atoms with Gasteiger partial charge in [-0.1, -0.05) is 46.2 Å². The van der Waals surface area contributed by atoms with Gasteiger partial charge in [-0.05, 0) is 80.9 Å². The van der Waals surface area contributed by atoms with Gasteiger partial charge in [-0.2, -0.15) is 5.26 Å². The van der Waals surface area contributed by atoms with Crippen LogP contribution in [0.4, 0.5) is 0 Å². The number of likely N-dealkylation sites (tertiary alicyclic amines) is 1. The standard InChI is InChI=1S/C39H65N13O7/c1-5-23(4)32(35(56)51-29(37(58)59)19-22(2)3)48-30(21-40)28(20-24-12-14-25(53)15-13-24)50-34(55)31-11-8-18-52(31)36(57)27(10-7-17-47-39(44)45)49-33(54)26(41)9-6-16-46-38(42)43/h12-15,22-23,26-32,48,53H,5-11,16-20,41H2,1-4H3,(H,49,54)(H,50,55)(H,51,56)(H,58,59)(H4,42,43,46)(H4,44,45,47)/t23-,26-,27-,28+,29-,30?,31-,32-/m0/s1. The summed E-state index contributed by atoms with van der Waals surface area (Å²) in [4.78, 5) is 76.6. The van der Waals surface area contributed by atoms with Crippen molar-refractivity contribution in [2.75, 3.05) is 19.6 Å². The number of nitriles is 1. The van der Waals surface area contributed by atoms with Crippen LogP contribution in [0.3, 0.4) is 0 Å². The Balaban J connectivity index is 2.40. The number of carbonyl (C=O) groups excluding carboxylic acids is 4. The van der Waals surface area contributed by atoms with Crippen molar-refractivity contribution in [2.24, 2.45) is 50.5 Å². The summed E-state index contributed by atoms with van der Waals surface area (Å²) in [6.45, 7) is 8.00. The highest BCUT2D eigenvalue weighted by molar-refractivity contribution is 5.93. The predicted molar refractivity (Wildman–Crippen MR) is 223 cm³/mol. The molecule has 328 valence electrons. The molecule has 59 heavy (non-hydrogen) atoms. The Labute approximate surface area is 346 Å². The second kappa shape index (κ2) is 24.9. The van der Waals surface area contributed by atoms with E-state index in [1.165, 1.54) is 17.0 Å². The Bertz CT molecular complexity index is 1640. The number of hydrogen-bond donors (Lipinski definition) is 11. The van der Waals surface area contributed by atoms with Crippen molar-refractivity contribution in [3.05, 3.63) is 29.8 Å². The quantitative estimate of drug-likeness (QED) is 0.0315. The molecule has 0 aliphatic carbocycles. The monoisotopic (exact) mass is 828 g/mol. The van der Waals surface area contributed by atoms with E-state index in [1.54, 1.807) is 19.1 Å². The lowest BCUT2D eigenvalue weighted by atomic mass is 9.93. The summed E-state index contributed by atoms with van der Waals surface area (Å²) in [6, 6.07) is 1.07. The topological polar surface area (TPSA) is 356 Å². The fraction of sp³-hybridized carbons (Fsp3) is 0.641. The largest absolute Gasteiger partial charge is 0.508 e. The van der Waals surface area contributed by atoms with Crippen molar-refractivity contribution in [1.29, 1.82) is 5.26 Å². The maximum absolute atomic E-state index is 14.2. The van der Waals surface area contributed by atoms with E-state index in [4.69, 9.17) is 28.7 Å². The van der Waals surface area contributed by atoms with Gasteiger partial charge in [0, 0.05) is 19.6 Å². The highest BCUT2D eigenvalue weighted by atomic mass is 16.4. The van der Waals surface area contributed by atoms with Gasteiger partial charge in [-0.3, -0.25) is 34.5 Å². The summed E-state index contributed by atoms with van der Waals surface area (Å²) in [5.74, 6) is -4.01. The molecule has 2 rings (SSSR count). The first-order chi connectivity index (χ1) is 27.9. The molecule has 0 saturated carbocycles. The molecule has 0 aromatic heterocycles. The van der Waals surface area contributed by atoms with Gasteiger partial charge in [0.15, 0.2) is 11.9 Å². The third-order valence-electron chi connectivity index (χ3n) is 10.1. The van der Waals surface area contributed by atoms with Crippen molar-refractivity contribution in [1.82, 2.24) is 26.2 Å². The molecule has 20 heteroatoms. The number of nitrogens with one attached hydrogen (secondary N) is 4. The molecule has 1 aromatic rings. The van der Waals surface area contributed by atoms with E-state index >= 15 is 0 Å². The minimum absolute atomic E-state index is 0.0131. The van der Waals surface area contributed by atoms with Crippen LogP contribution in [0.2, 0.25) is 0 Å². The van der Waals surface area contributed by atoms with E-state index in [9.17, 15) is 39.4 Å². The van der Waals surface area contributed by atoms with Crippen molar-refractivity contribution < 1.29 is 34.2 Å². The van der Waals surface area contributed by atoms with Gasteiger partial charge in [0.05, 0.1) is 24.2 Å². The predicted octanol–water partition coefficient (Wildman–Crippen LogP) is -1.16. The number of aliphatic carboxylic acids is 1. The highest BCUT2D eigenvalue weighted by Gasteiger charge is 2.40. The fourth-order valence-corrected chi connectivity index (χ4v) is 6.74. The Morgan fingerprint density at radius 2 is 1.51 bits per heavy atom. The number of nitrogens with two attached hydrogens (primary N) is 5. The van der Waals surface area contributed by atoms with Crippen LogP contribution in [0.25, 0.3) is 0 Å². The van der Waals surface area contributed by atoms with Crippen LogP contribution < -0.4 is 49.9 Å². The van der Waals surface area contributed by atoms with Gasteiger partial charge in [0.2, 0.25) is 23.6 Å². The molecular formula is C39H65N13O7. The van der Waals surface area contributed by atoms with Crippen molar-refractivity contribution in [3.63, 3.8) is 0 Å². The first kappa shape index (κ1) is 49.5. The smallest absolute Gasteiger partial charge is 0.326 e. The zero-order chi connectivity index (χ0) is 44.2. The van der Waals surface area contributed by atoms with Crippen LogP contribution in [-0.4, -0.2) is 119 Å². The van der Waals surface area contributed by atoms with Crippen molar-refractivity contribution in [3.8, 4) is 11.8 Å². The zero-order valence-corrected chi connectivity index (χ0v) is 34.6. The molecule has 1 saturated heterocycles. The molecule has 0 radical (unpaired) electrons. The number of phenols is 1. The number of carbonyl (C=O) groups is 5. The highest BCUT2D eigenvalue weighted by Crippen LogP contribution is 2.22. The lowest BCUT2D eigenvalue weighted by molar-refractivity contribution is -0.143. The molecule has 1 aliphatic heterocycles. The van der Waals surface area contributed by atoms with Crippen LogP contribution >= 0.6 is 0 Å². The summed E-state index contributed by atoms with van der Waals surface area (Å²) in [5.41, 5.74) is 28.5. The first-order valence-electron chi connectivity index (χ1n) is 20.1. The molecule has 1 fully saturated rings. The Kier molecular flexibility index (Phi) is 20.9. The molecule has 1 unspecified atom stereocenters. The van der Waals surface area contributed by atoms with E-state index in [2.05, 4.69) is 37.3 Å². The maximum Gasteiger partial charge on any atom is 0.326 e. The minimum Gasteiger partial charge on any atom is -0.508 e. The average Bonchev–Trinajstić information content (AvgIpc) is 3.68. The van der Waals surface area contributed by atoms with Gasteiger partial charge in [0.1, 0.15) is 29.9 Å². The molecule has 20 nitrogen and oxygen atoms in total. The average molecular weight is 828 g/mol. The minimum atomic E-state index is -1.18. The number of aromatic hydroxyl groups is 1. The summed E-state index contributed by atoms with van der Waals surface area (Å²) in [7, 11) is 0. The van der Waals surface area contributed by atoms with Crippen LogP contribution in [0.1, 0.15) is 84.6 Å². The molecule has 16 N–H and O–H groups in total. The van der Waals surface area contributed by atoms with Gasteiger partial charge in [-0.25, -0.2) is 4.79 Å². The normalized spacial score (nSPS) is 17.2. The summed E-state index contributed by atoms with van der Waals surface area (Å²) >= 11 is 0. The molecule has 1 aromatic carbocycles. The number of phenolic OH excluding ortho intramolecular Hbond substituents is 1. The van der Waals surface area contributed by atoms with Crippen LogP contribution in [0.15, 0.2) is 34.3 Å². The molecule has 1 heterocycles. The lowest BCUT2D eigenvalue weighted by Crippen LogP contribution is -2.61. The number of carboxylic acids is 1. The molecule has 1 aliphatic rings.